The SMILES string of the molecule is Clc1nc2ccccc2c2c1sc1ccc3ccccc3c12. The number of halogens is 1. The number of para-hydroxylation sites is 1. The molecule has 0 N–H and O–H groups in total. The van der Waals surface area contributed by atoms with Crippen LogP contribution in [0.5, 0.6) is 0 Å². The number of hydrogen-bond donors (Lipinski definition) is 0. The van der Waals surface area contributed by atoms with Crippen molar-refractivity contribution in [1.82, 2.24) is 4.98 Å². The van der Waals surface area contributed by atoms with Crippen LogP contribution in [0.25, 0.3) is 41.8 Å². The first-order valence-electron chi connectivity index (χ1n) is 7.11. The molecule has 0 aliphatic rings. The van der Waals surface area contributed by atoms with Crippen molar-refractivity contribution in [2.24, 2.45) is 0 Å². The van der Waals surface area contributed by atoms with Crippen LogP contribution >= 0.6 is 22.9 Å². The third-order valence-electron chi connectivity index (χ3n) is 4.16. The topological polar surface area (TPSA) is 12.9 Å². The van der Waals surface area contributed by atoms with Crippen molar-refractivity contribution in [3.63, 3.8) is 0 Å². The maximum Gasteiger partial charge on any atom is 0.147 e. The van der Waals surface area contributed by atoms with Crippen molar-refractivity contribution in [1.29, 1.82) is 0 Å². The van der Waals surface area contributed by atoms with E-state index in [1.165, 1.54) is 31.6 Å². The molecule has 3 heteroatoms. The number of fused-ring (bicyclic) bond motifs is 7. The molecule has 2 heterocycles. The quantitative estimate of drug-likeness (QED) is 0.300. The van der Waals surface area contributed by atoms with Gasteiger partial charge in [0.2, 0.25) is 0 Å². The molecule has 0 unspecified atom stereocenters. The standard InChI is InChI=1S/C19H10ClNS/c20-19-18-17(13-7-3-4-8-14(13)21-19)16-12-6-2-1-5-11(12)9-10-15(16)22-18/h1-10H. The van der Waals surface area contributed by atoms with Crippen molar-refractivity contribution < 1.29 is 0 Å². The Balaban J connectivity index is 2.20. The van der Waals surface area contributed by atoms with Gasteiger partial charge < -0.3 is 0 Å². The minimum Gasteiger partial charge on any atom is -0.235 e. The minimum absolute atomic E-state index is 0.596. The highest BCUT2D eigenvalue weighted by Crippen LogP contribution is 2.43. The Morgan fingerprint density at radius 1 is 0.773 bits per heavy atom. The van der Waals surface area contributed by atoms with Crippen LogP contribution in [0, 0.1) is 0 Å². The molecular formula is C19H10ClNS. The van der Waals surface area contributed by atoms with E-state index in [4.69, 9.17) is 11.6 Å². The number of nitrogens with zero attached hydrogens (tertiary/aromatic N) is 1. The summed E-state index contributed by atoms with van der Waals surface area (Å²) >= 11 is 8.18. The number of thiophene rings is 1. The first kappa shape index (κ1) is 12.4. The van der Waals surface area contributed by atoms with Gasteiger partial charge in [-0.3, -0.25) is 0 Å². The molecule has 0 amide bonds. The molecule has 0 radical (unpaired) electrons. The van der Waals surface area contributed by atoms with Gasteiger partial charge >= 0.3 is 0 Å². The lowest BCUT2D eigenvalue weighted by atomic mass is 10.0. The molecule has 0 aliphatic heterocycles. The highest BCUT2D eigenvalue weighted by Gasteiger charge is 2.15. The molecule has 0 aliphatic carbocycles. The van der Waals surface area contributed by atoms with E-state index in [9.17, 15) is 0 Å². The third kappa shape index (κ3) is 1.57. The molecule has 5 rings (SSSR count). The molecule has 0 fully saturated rings. The van der Waals surface area contributed by atoms with Crippen molar-refractivity contribution >= 4 is 64.8 Å². The molecule has 5 aromatic rings. The Labute approximate surface area is 135 Å². The Morgan fingerprint density at radius 2 is 1.55 bits per heavy atom. The van der Waals surface area contributed by atoms with Gasteiger partial charge in [0.1, 0.15) is 5.15 Å². The first-order valence-corrected chi connectivity index (χ1v) is 8.30. The van der Waals surface area contributed by atoms with Crippen molar-refractivity contribution in [2.75, 3.05) is 0 Å². The first-order chi connectivity index (χ1) is 10.8. The lowest BCUT2D eigenvalue weighted by molar-refractivity contribution is 1.45. The van der Waals surface area contributed by atoms with Crippen LogP contribution in [0.3, 0.4) is 0 Å². The van der Waals surface area contributed by atoms with E-state index >= 15 is 0 Å². The zero-order valence-corrected chi connectivity index (χ0v) is 13.1. The summed E-state index contributed by atoms with van der Waals surface area (Å²) in [6, 6.07) is 21.1. The number of pyridine rings is 1. The molecule has 0 spiro atoms. The highest BCUT2D eigenvalue weighted by molar-refractivity contribution is 7.26. The lowest BCUT2D eigenvalue weighted by Gasteiger charge is -2.03. The van der Waals surface area contributed by atoms with Gasteiger partial charge in [-0.25, -0.2) is 4.98 Å². The van der Waals surface area contributed by atoms with Crippen molar-refractivity contribution in [3.05, 3.63) is 65.8 Å². The summed E-state index contributed by atoms with van der Waals surface area (Å²) in [5.74, 6) is 0. The predicted molar refractivity (Wildman–Crippen MR) is 97.1 cm³/mol. The molecule has 3 aromatic carbocycles. The van der Waals surface area contributed by atoms with Crippen LogP contribution in [0.15, 0.2) is 60.7 Å². The molecule has 104 valence electrons. The van der Waals surface area contributed by atoms with E-state index in [2.05, 4.69) is 53.5 Å². The van der Waals surface area contributed by atoms with Crippen LogP contribution in [-0.4, -0.2) is 4.98 Å². The number of hydrogen-bond acceptors (Lipinski definition) is 2. The number of benzene rings is 3. The summed E-state index contributed by atoms with van der Waals surface area (Å²) < 4.78 is 2.33. The summed E-state index contributed by atoms with van der Waals surface area (Å²) in [6.45, 7) is 0. The van der Waals surface area contributed by atoms with Gasteiger partial charge in [0.05, 0.1) is 10.2 Å². The lowest BCUT2D eigenvalue weighted by Crippen LogP contribution is -1.81. The molecule has 1 nitrogen and oxygen atoms in total. The summed E-state index contributed by atoms with van der Waals surface area (Å²) in [6.07, 6.45) is 0. The zero-order chi connectivity index (χ0) is 14.7. The summed E-state index contributed by atoms with van der Waals surface area (Å²) in [5.41, 5.74) is 0.952. The summed E-state index contributed by atoms with van der Waals surface area (Å²) in [5, 5.41) is 6.82. The fraction of sp³-hybridized carbons (Fsp3) is 0. The van der Waals surface area contributed by atoms with E-state index in [0.717, 1.165) is 10.2 Å². The van der Waals surface area contributed by atoms with Crippen molar-refractivity contribution in [3.8, 4) is 0 Å². The second-order valence-electron chi connectivity index (χ2n) is 5.39. The molecule has 22 heavy (non-hydrogen) atoms. The second-order valence-corrected chi connectivity index (χ2v) is 6.80. The average Bonchev–Trinajstić information content (AvgIpc) is 2.96. The van der Waals surface area contributed by atoms with Gasteiger partial charge in [0.15, 0.2) is 0 Å². The van der Waals surface area contributed by atoms with Gasteiger partial charge in [-0.1, -0.05) is 60.1 Å². The van der Waals surface area contributed by atoms with Gasteiger partial charge in [-0.2, -0.15) is 0 Å². The maximum atomic E-state index is 6.46. The molecule has 0 bridgehead atoms. The van der Waals surface area contributed by atoms with Crippen LogP contribution in [0.2, 0.25) is 5.15 Å². The molecule has 0 atom stereocenters. The molecule has 0 saturated heterocycles. The summed E-state index contributed by atoms with van der Waals surface area (Å²) in [7, 11) is 0. The largest absolute Gasteiger partial charge is 0.235 e. The number of aromatic nitrogens is 1. The smallest absolute Gasteiger partial charge is 0.147 e. The van der Waals surface area contributed by atoms with Crippen LogP contribution in [-0.2, 0) is 0 Å². The Bertz CT molecular complexity index is 1190. The highest BCUT2D eigenvalue weighted by atomic mass is 35.5. The van der Waals surface area contributed by atoms with Gasteiger partial charge in [-0.15, -0.1) is 11.3 Å². The predicted octanol–water partition coefficient (Wildman–Crippen LogP) is 6.41. The Hall–Kier alpha value is -2.16. The second kappa shape index (κ2) is 4.42. The van der Waals surface area contributed by atoms with E-state index < -0.39 is 0 Å². The van der Waals surface area contributed by atoms with E-state index in [0.29, 0.717) is 5.15 Å². The fourth-order valence-corrected chi connectivity index (χ4v) is 4.63. The number of rotatable bonds is 0. The normalized spacial score (nSPS) is 11.9. The van der Waals surface area contributed by atoms with E-state index in [1.54, 1.807) is 11.3 Å². The Morgan fingerprint density at radius 3 is 2.45 bits per heavy atom. The van der Waals surface area contributed by atoms with E-state index in [-0.39, 0.29) is 0 Å². The van der Waals surface area contributed by atoms with Crippen LogP contribution < -0.4 is 0 Å². The zero-order valence-electron chi connectivity index (χ0n) is 11.5. The van der Waals surface area contributed by atoms with E-state index in [1.807, 2.05) is 12.1 Å². The van der Waals surface area contributed by atoms with Crippen molar-refractivity contribution in [2.45, 2.75) is 0 Å². The van der Waals surface area contributed by atoms with Gasteiger partial charge in [0.25, 0.3) is 0 Å². The molecular weight excluding hydrogens is 310 g/mol. The van der Waals surface area contributed by atoms with Crippen LogP contribution in [0.1, 0.15) is 0 Å². The van der Waals surface area contributed by atoms with Crippen LogP contribution in [0.4, 0.5) is 0 Å². The summed E-state index contributed by atoms with van der Waals surface area (Å²) in [4.78, 5) is 4.55. The van der Waals surface area contributed by atoms with Gasteiger partial charge in [0, 0.05) is 20.9 Å². The molecule has 2 aromatic heterocycles. The fourth-order valence-electron chi connectivity index (χ4n) is 3.21. The average molecular weight is 320 g/mol. The maximum absolute atomic E-state index is 6.46. The van der Waals surface area contributed by atoms with Gasteiger partial charge in [-0.05, 0) is 22.9 Å². The third-order valence-corrected chi connectivity index (χ3v) is 5.71. The monoisotopic (exact) mass is 319 g/mol. The molecule has 0 saturated carbocycles. The minimum atomic E-state index is 0.596. The Kier molecular flexibility index (Phi) is 2.49.